The van der Waals surface area contributed by atoms with E-state index in [9.17, 15) is 4.79 Å². The molecular formula is C20H18ClN3O2S. The van der Waals surface area contributed by atoms with Crippen LogP contribution in [-0.2, 0) is 16.0 Å². The Balaban J connectivity index is 1.56. The summed E-state index contributed by atoms with van der Waals surface area (Å²) < 4.78 is 4.91. The standard InChI is InChI=1S/C20H18ClN3O2S/c1-2-26-19(25)11-18-13-27-20(23-18)24-22-12-14-3-5-15(6-4-14)16-7-9-17(21)10-8-16/h3-10,12-13H,2,11H2,1H3,(H,23,24). The Morgan fingerprint density at radius 3 is 2.52 bits per heavy atom. The molecule has 0 bridgehead atoms. The number of benzene rings is 2. The van der Waals surface area contributed by atoms with Gasteiger partial charge in [0, 0.05) is 10.4 Å². The van der Waals surface area contributed by atoms with Crippen molar-refractivity contribution in [1.29, 1.82) is 0 Å². The number of hydrazone groups is 1. The van der Waals surface area contributed by atoms with Gasteiger partial charge in [-0.1, -0.05) is 48.0 Å². The molecule has 5 nitrogen and oxygen atoms in total. The second kappa shape index (κ2) is 9.30. The first-order valence-corrected chi connectivity index (χ1v) is 9.65. The minimum Gasteiger partial charge on any atom is -0.466 e. The fourth-order valence-corrected chi connectivity index (χ4v) is 3.15. The number of esters is 1. The van der Waals surface area contributed by atoms with Gasteiger partial charge in [0.25, 0.3) is 0 Å². The first-order chi connectivity index (χ1) is 13.1. The molecule has 138 valence electrons. The van der Waals surface area contributed by atoms with Crippen molar-refractivity contribution in [2.75, 3.05) is 12.0 Å². The molecule has 0 saturated carbocycles. The van der Waals surface area contributed by atoms with Crippen molar-refractivity contribution in [3.8, 4) is 11.1 Å². The third-order valence-corrected chi connectivity index (χ3v) is 4.69. The first kappa shape index (κ1) is 19.1. The summed E-state index contributed by atoms with van der Waals surface area (Å²) in [6.45, 7) is 2.15. The fourth-order valence-electron chi connectivity index (χ4n) is 2.37. The van der Waals surface area contributed by atoms with E-state index in [2.05, 4.69) is 15.5 Å². The molecule has 2 aromatic carbocycles. The number of rotatable bonds is 7. The summed E-state index contributed by atoms with van der Waals surface area (Å²) in [7, 11) is 0. The lowest BCUT2D eigenvalue weighted by Crippen LogP contribution is -2.07. The molecule has 0 unspecified atom stereocenters. The van der Waals surface area contributed by atoms with E-state index in [1.54, 1.807) is 13.1 Å². The van der Waals surface area contributed by atoms with Crippen LogP contribution >= 0.6 is 22.9 Å². The zero-order valence-electron chi connectivity index (χ0n) is 14.7. The van der Waals surface area contributed by atoms with Crippen molar-refractivity contribution in [2.24, 2.45) is 5.10 Å². The van der Waals surface area contributed by atoms with Crippen LogP contribution in [0.1, 0.15) is 18.2 Å². The van der Waals surface area contributed by atoms with Crippen LogP contribution < -0.4 is 5.43 Å². The predicted molar refractivity (Wildman–Crippen MR) is 111 cm³/mol. The number of thiazole rings is 1. The van der Waals surface area contributed by atoms with E-state index < -0.39 is 0 Å². The average Bonchev–Trinajstić information content (AvgIpc) is 3.10. The molecule has 1 N–H and O–H groups in total. The summed E-state index contributed by atoms with van der Waals surface area (Å²) in [6, 6.07) is 15.8. The minimum atomic E-state index is -0.279. The van der Waals surface area contributed by atoms with Gasteiger partial charge in [0.1, 0.15) is 0 Å². The molecule has 27 heavy (non-hydrogen) atoms. The monoisotopic (exact) mass is 399 g/mol. The van der Waals surface area contributed by atoms with Gasteiger partial charge in [0.05, 0.1) is 24.9 Å². The van der Waals surface area contributed by atoms with E-state index in [-0.39, 0.29) is 12.4 Å². The number of aromatic nitrogens is 1. The third-order valence-electron chi connectivity index (χ3n) is 3.64. The Morgan fingerprint density at radius 1 is 1.19 bits per heavy atom. The van der Waals surface area contributed by atoms with Gasteiger partial charge in [-0.15, -0.1) is 11.3 Å². The molecule has 0 aliphatic heterocycles. The summed E-state index contributed by atoms with van der Waals surface area (Å²) in [5, 5.41) is 7.36. The molecule has 0 spiro atoms. The second-order valence-corrected chi connectivity index (χ2v) is 6.92. The van der Waals surface area contributed by atoms with Crippen molar-refractivity contribution < 1.29 is 9.53 Å². The molecule has 0 amide bonds. The number of carbonyl (C=O) groups excluding carboxylic acids is 1. The van der Waals surface area contributed by atoms with Gasteiger partial charge in [0.2, 0.25) is 5.13 Å². The van der Waals surface area contributed by atoms with Gasteiger partial charge in [-0.3, -0.25) is 10.2 Å². The van der Waals surface area contributed by atoms with E-state index >= 15 is 0 Å². The topological polar surface area (TPSA) is 63.6 Å². The molecule has 7 heteroatoms. The maximum absolute atomic E-state index is 11.5. The number of halogens is 1. The molecule has 0 radical (unpaired) electrons. The summed E-state index contributed by atoms with van der Waals surface area (Å²) in [5.41, 5.74) is 6.73. The lowest BCUT2D eigenvalue weighted by molar-refractivity contribution is -0.142. The van der Waals surface area contributed by atoms with Crippen LogP contribution in [0, 0.1) is 0 Å². The molecule has 3 rings (SSSR count). The number of anilines is 1. The lowest BCUT2D eigenvalue weighted by Gasteiger charge is -2.02. The van der Waals surface area contributed by atoms with E-state index in [0.717, 1.165) is 21.7 Å². The van der Waals surface area contributed by atoms with Crippen LogP contribution in [0.15, 0.2) is 59.0 Å². The molecule has 0 aliphatic rings. The highest BCUT2D eigenvalue weighted by atomic mass is 35.5. The van der Waals surface area contributed by atoms with Gasteiger partial charge in [0.15, 0.2) is 0 Å². The number of hydrogen-bond donors (Lipinski definition) is 1. The number of hydrogen-bond acceptors (Lipinski definition) is 6. The zero-order chi connectivity index (χ0) is 19.1. The van der Waals surface area contributed by atoms with E-state index in [4.69, 9.17) is 16.3 Å². The maximum atomic E-state index is 11.5. The highest BCUT2D eigenvalue weighted by molar-refractivity contribution is 7.13. The molecular weight excluding hydrogens is 382 g/mol. The molecule has 0 aliphatic carbocycles. The van der Waals surface area contributed by atoms with E-state index in [0.29, 0.717) is 17.4 Å². The summed E-state index contributed by atoms with van der Waals surface area (Å²) >= 11 is 7.31. The Hall–Kier alpha value is -2.70. The first-order valence-electron chi connectivity index (χ1n) is 8.39. The Kier molecular flexibility index (Phi) is 6.57. The SMILES string of the molecule is CCOC(=O)Cc1csc(NN=Cc2ccc(-c3ccc(Cl)cc3)cc2)n1. The minimum absolute atomic E-state index is 0.169. The van der Waals surface area contributed by atoms with Gasteiger partial charge in [-0.05, 0) is 35.7 Å². The van der Waals surface area contributed by atoms with Gasteiger partial charge in [-0.2, -0.15) is 5.10 Å². The van der Waals surface area contributed by atoms with Crippen LogP contribution in [0.3, 0.4) is 0 Å². The molecule has 3 aromatic rings. The Bertz CT molecular complexity index is 921. The quantitative estimate of drug-likeness (QED) is 0.344. The highest BCUT2D eigenvalue weighted by Crippen LogP contribution is 2.21. The number of nitrogens with zero attached hydrogens (tertiary/aromatic N) is 2. The van der Waals surface area contributed by atoms with Crippen LogP contribution in [0.4, 0.5) is 5.13 Å². The van der Waals surface area contributed by atoms with Gasteiger partial charge in [-0.25, -0.2) is 4.98 Å². The molecule has 0 saturated heterocycles. The number of ether oxygens (including phenoxy) is 1. The normalized spacial score (nSPS) is 10.9. The predicted octanol–water partition coefficient (Wildman–Crippen LogP) is 5.02. The van der Waals surface area contributed by atoms with Crippen molar-refractivity contribution >= 4 is 40.3 Å². The van der Waals surface area contributed by atoms with Gasteiger partial charge < -0.3 is 4.74 Å². The number of nitrogens with one attached hydrogen (secondary N) is 1. The second-order valence-electron chi connectivity index (χ2n) is 5.62. The molecule has 0 fully saturated rings. The zero-order valence-corrected chi connectivity index (χ0v) is 16.3. The van der Waals surface area contributed by atoms with Crippen molar-refractivity contribution in [1.82, 2.24) is 4.98 Å². The van der Waals surface area contributed by atoms with E-state index in [1.807, 2.05) is 53.9 Å². The average molecular weight is 400 g/mol. The van der Waals surface area contributed by atoms with Crippen molar-refractivity contribution in [3.63, 3.8) is 0 Å². The van der Waals surface area contributed by atoms with Crippen LogP contribution in [0.2, 0.25) is 5.02 Å². The van der Waals surface area contributed by atoms with Crippen molar-refractivity contribution in [3.05, 3.63) is 70.2 Å². The Morgan fingerprint density at radius 2 is 1.85 bits per heavy atom. The molecule has 1 heterocycles. The summed E-state index contributed by atoms with van der Waals surface area (Å²) in [4.78, 5) is 15.8. The van der Waals surface area contributed by atoms with Crippen LogP contribution in [0.25, 0.3) is 11.1 Å². The Labute approximate surface area is 166 Å². The lowest BCUT2D eigenvalue weighted by atomic mass is 10.0. The summed E-state index contributed by atoms with van der Waals surface area (Å²) in [5.74, 6) is -0.279. The molecule has 0 atom stereocenters. The smallest absolute Gasteiger partial charge is 0.311 e. The van der Waals surface area contributed by atoms with Crippen LogP contribution in [-0.4, -0.2) is 23.8 Å². The largest absolute Gasteiger partial charge is 0.466 e. The van der Waals surface area contributed by atoms with Crippen LogP contribution in [0.5, 0.6) is 0 Å². The number of carbonyl (C=O) groups is 1. The highest BCUT2D eigenvalue weighted by Gasteiger charge is 2.07. The summed E-state index contributed by atoms with van der Waals surface area (Å²) in [6.07, 6.45) is 1.89. The van der Waals surface area contributed by atoms with Gasteiger partial charge >= 0.3 is 5.97 Å². The van der Waals surface area contributed by atoms with Crippen molar-refractivity contribution in [2.45, 2.75) is 13.3 Å². The molecule has 1 aromatic heterocycles. The fraction of sp³-hybridized carbons (Fsp3) is 0.150. The van der Waals surface area contributed by atoms with E-state index in [1.165, 1.54) is 11.3 Å². The maximum Gasteiger partial charge on any atom is 0.311 e. The third kappa shape index (κ3) is 5.64.